The lowest BCUT2D eigenvalue weighted by atomic mass is 9.33. The molecular weight excluding hydrogens is 904 g/mol. The van der Waals surface area contributed by atoms with Crippen molar-refractivity contribution in [1.82, 2.24) is 0 Å². The highest BCUT2D eigenvalue weighted by atomic mass is 15.2. The van der Waals surface area contributed by atoms with Crippen LogP contribution in [0.1, 0.15) is 0 Å². The quantitative estimate of drug-likeness (QED) is 0.133. The molecule has 2 heterocycles. The van der Waals surface area contributed by atoms with Gasteiger partial charge >= 0.3 is 0 Å². The van der Waals surface area contributed by atoms with Crippen LogP contribution in [0.2, 0.25) is 0 Å². The van der Waals surface area contributed by atoms with Crippen LogP contribution in [0.4, 0.5) is 34.1 Å². The average Bonchev–Trinajstić information content (AvgIpc) is 3.51. The lowest BCUT2D eigenvalue weighted by molar-refractivity contribution is 1.25. The van der Waals surface area contributed by atoms with Gasteiger partial charge in [0.05, 0.1) is 0 Å². The summed E-state index contributed by atoms with van der Waals surface area (Å²) in [5.41, 5.74) is 27.0. The molecule has 12 aromatic rings. The molecule has 75 heavy (non-hydrogen) atoms. The molecule has 0 atom stereocenters. The third-order valence-electron chi connectivity index (χ3n) is 15.2. The predicted molar refractivity (Wildman–Crippen MR) is 319 cm³/mol. The summed E-state index contributed by atoms with van der Waals surface area (Å²) in [5, 5.41) is 0. The molecule has 0 amide bonds. The van der Waals surface area contributed by atoms with Gasteiger partial charge in [0.2, 0.25) is 0 Å². The van der Waals surface area contributed by atoms with Crippen LogP contribution in [0.3, 0.4) is 0 Å². The molecule has 3 heteroatoms. The summed E-state index contributed by atoms with van der Waals surface area (Å²) in [6.45, 7) is -0.124. The van der Waals surface area contributed by atoms with Crippen molar-refractivity contribution in [2.45, 2.75) is 0 Å². The molecule has 0 aromatic heterocycles. The second-order valence-electron chi connectivity index (χ2n) is 19.6. The molecule has 2 aliphatic rings. The molecule has 2 nitrogen and oxygen atoms in total. The highest BCUT2D eigenvalue weighted by molar-refractivity contribution is 7.00. The van der Waals surface area contributed by atoms with Crippen molar-refractivity contribution < 1.29 is 0 Å². The predicted octanol–water partition coefficient (Wildman–Crippen LogP) is 17.4. The van der Waals surface area contributed by atoms with Gasteiger partial charge in [0.15, 0.2) is 0 Å². The lowest BCUT2D eigenvalue weighted by Gasteiger charge is -2.46. The molecule has 0 saturated heterocycles. The molecule has 0 N–H and O–H groups in total. The Morgan fingerprint density at radius 3 is 0.773 bits per heavy atom. The zero-order valence-corrected chi connectivity index (χ0v) is 41.3. The Bertz CT molecular complexity index is 3680. The maximum absolute atomic E-state index is 2.61. The molecular formula is C72H49BN2. The minimum Gasteiger partial charge on any atom is -0.311 e. The van der Waals surface area contributed by atoms with Gasteiger partial charge in [-0.2, -0.15) is 0 Å². The average molecular weight is 953 g/mol. The standard InChI is InChI=1S/C72H49BN2/c1-8-24-50(25-9-1)57-42-58(51-26-10-2-11-27-51)45-62(44-57)74-68-48-61(54-32-16-5-17-33-54)49-69-70(68)73(66-40-22-38-64(71(66)74)55-34-18-6-19-35-55)67-41-23-39-65(56-36-20-7-21-37-56)72(67)75(69)63-46-59(52-28-12-3-13-29-52)43-60(47-63)53-30-14-4-15-31-53/h1-49H. The summed E-state index contributed by atoms with van der Waals surface area (Å²) in [5.74, 6) is 0. The zero-order chi connectivity index (χ0) is 49.7. The van der Waals surface area contributed by atoms with Crippen LogP contribution in [0.25, 0.3) is 77.9 Å². The smallest absolute Gasteiger partial charge is 0.252 e. The van der Waals surface area contributed by atoms with Crippen molar-refractivity contribution >= 4 is 57.2 Å². The highest BCUT2D eigenvalue weighted by Crippen LogP contribution is 2.52. The Labute approximate surface area is 439 Å². The Balaban J connectivity index is 1.14. The zero-order valence-electron chi connectivity index (χ0n) is 41.3. The molecule has 0 saturated carbocycles. The Hall–Kier alpha value is -9.70. The van der Waals surface area contributed by atoms with Crippen LogP contribution in [0.15, 0.2) is 297 Å². The Kier molecular flexibility index (Phi) is 11.0. The van der Waals surface area contributed by atoms with Gasteiger partial charge in [0.1, 0.15) is 0 Å². The molecule has 0 radical (unpaired) electrons. The number of rotatable bonds is 9. The van der Waals surface area contributed by atoms with E-state index < -0.39 is 0 Å². The fourth-order valence-corrected chi connectivity index (χ4v) is 11.8. The van der Waals surface area contributed by atoms with Crippen LogP contribution >= 0.6 is 0 Å². The van der Waals surface area contributed by atoms with Crippen LogP contribution < -0.4 is 26.2 Å². The monoisotopic (exact) mass is 952 g/mol. The molecule has 0 unspecified atom stereocenters. The number of hydrogen-bond donors (Lipinski definition) is 0. The Morgan fingerprint density at radius 2 is 0.480 bits per heavy atom. The maximum Gasteiger partial charge on any atom is 0.252 e. The summed E-state index contributed by atoms with van der Waals surface area (Å²) in [6, 6.07) is 110. The summed E-state index contributed by atoms with van der Waals surface area (Å²) < 4.78 is 0. The van der Waals surface area contributed by atoms with Crippen LogP contribution in [0, 0.1) is 0 Å². The van der Waals surface area contributed by atoms with Gasteiger partial charge in [-0.15, -0.1) is 0 Å². The van der Waals surface area contributed by atoms with E-state index in [4.69, 9.17) is 0 Å². The molecule has 12 aromatic carbocycles. The van der Waals surface area contributed by atoms with E-state index in [2.05, 4.69) is 307 Å². The molecule has 14 rings (SSSR count). The SMILES string of the molecule is c1ccc(-c2cc(-c3ccccc3)cc(N3c4cc(-c5ccccc5)cc5c4B(c4cccc(-c6ccccc6)c43)c3cccc(-c4ccccc4)c3N5c3cc(-c4ccccc4)cc(-c4ccccc4)c3)c2)cc1. The molecule has 0 spiro atoms. The van der Waals surface area contributed by atoms with E-state index in [1.165, 1.54) is 72.3 Å². The van der Waals surface area contributed by atoms with Gasteiger partial charge in [-0.3, -0.25) is 0 Å². The van der Waals surface area contributed by atoms with E-state index in [1.54, 1.807) is 0 Å². The van der Waals surface area contributed by atoms with Gasteiger partial charge in [0, 0.05) is 45.3 Å². The van der Waals surface area contributed by atoms with Crippen molar-refractivity contribution in [2.24, 2.45) is 0 Å². The van der Waals surface area contributed by atoms with Gasteiger partial charge in [-0.05, 0) is 132 Å². The molecule has 0 aliphatic carbocycles. The number of benzene rings is 12. The summed E-state index contributed by atoms with van der Waals surface area (Å²) in [4.78, 5) is 5.22. The third-order valence-corrected chi connectivity index (χ3v) is 15.2. The van der Waals surface area contributed by atoms with Crippen molar-refractivity contribution in [3.05, 3.63) is 297 Å². The van der Waals surface area contributed by atoms with Gasteiger partial charge < -0.3 is 9.80 Å². The number of para-hydroxylation sites is 2. The van der Waals surface area contributed by atoms with Gasteiger partial charge in [-0.1, -0.05) is 249 Å². The lowest BCUT2D eigenvalue weighted by Crippen LogP contribution is -2.61. The van der Waals surface area contributed by atoms with E-state index in [1.807, 2.05) is 0 Å². The fourth-order valence-electron chi connectivity index (χ4n) is 11.8. The first kappa shape index (κ1) is 44.0. The maximum atomic E-state index is 2.61. The van der Waals surface area contributed by atoms with E-state index >= 15 is 0 Å². The third kappa shape index (κ3) is 7.85. The van der Waals surface area contributed by atoms with Crippen molar-refractivity contribution in [3.63, 3.8) is 0 Å². The summed E-state index contributed by atoms with van der Waals surface area (Å²) in [7, 11) is 0. The summed E-state index contributed by atoms with van der Waals surface area (Å²) in [6.07, 6.45) is 0. The molecule has 350 valence electrons. The first-order valence-corrected chi connectivity index (χ1v) is 25.9. The first-order chi connectivity index (χ1) is 37.2. The molecule has 0 bridgehead atoms. The van der Waals surface area contributed by atoms with Gasteiger partial charge in [0.25, 0.3) is 6.71 Å². The second kappa shape index (κ2) is 18.7. The van der Waals surface area contributed by atoms with Crippen molar-refractivity contribution in [2.75, 3.05) is 9.80 Å². The molecule has 0 fully saturated rings. The van der Waals surface area contributed by atoms with Gasteiger partial charge in [-0.25, -0.2) is 0 Å². The topological polar surface area (TPSA) is 6.48 Å². The van der Waals surface area contributed by atoms with E-state index in [9.17, 15) is 0 Å². The van der Waals surface area contributed by atoms with E-state index in [-0.39, 0.29) is 6.71 Å². The van der Waals surface area contributed by atoms with Crippen LogP contribution in [-0.2, 0) is 0 Å². The van der Waals surface area contributed by atoms with E-state index in [0.29, 0.717) is 0 Å². The normalized spacial score (nSPS) is 12.2. The minimum atomic E-state index is -0.124. The number of fused-ring (bicyclic) bond motifs is 4. The van der Waals surface area contributed by atoms with Crippen molar-refractivity contribution in [1.29, 1.82) is 0 Å². The molecule has 2 aliphatic heterocycles. The summed E-state index contributed by atoms with van der Waals surface area (Å²) >= 11 is 0. The van der Waals surface area contributed by atoms with E-state index in [0.717, 1.165) is 56.1 Å². The fraction of sp³-hybridized carbons (Fsp3) is 0. The minimum absolute atomic E-state index is 0.124. The second-order valence-corrected chi connectivity index (χ2v) is 19.6. The number of nitrogens with zero attached hydrogens (tertiary/aromatic N) is 2. The Morgan fingerprint density at radius 1 is 0.213 bits per heavy atom. The van der Waals surface area contributed by atoms with Crippen LogP contribution in [0.5, 0.6) is 0 Å². The van der Waals surface area contributed by atoms with Crippen molar-refractivity contribution in [3.8, 4) is 77.9 Å². The number of anilines is 6. The largest absolute Gasteiger partial charge is 0.311 e. The first-order valence-electron chi connectivity index (χ1n) is 25.9. The number of hydrogen-bond acceptors (Lipinski definition) is 2. The van der Waals surface area contributed by atoms with Crippen LogP contribution in [-0.4, -0.2) is 6.71 Å². The highest BCUT2D eigenvalue weighted by Gasteiger charge is 2.45.